The van der Waals surface area contributed by atoms with Crippen LogP contribution in [0.2, 0.25) is 10.0 Å². The predicted octanol–water partition coefficient (Wildman–Crippen LogP) is 6.88. The van der Waals surface area contributed by atoms with Gasteiger partial charge in [0.1, 0.15) is 18.4 Å². The lowest BCUT2D eigenvalue weighted by atomic mass is 10.0. The number of amides is 2. The molecule has 1 atom stereocenters. The summed E-state index contributed by atoms with van der Waals surface area (Å²) >= 11 is 12.3. The van der Waals surface area contributed by atoms with Gasteiger partial charge in [-0.3, -0.25) is 13.9 Å². The van der Waals surface area contributed by atoms with Gasteiger partial charge in [0.25, 0.3) is 10.0 Å². The van der Waals surface area contributed by atoms with E-state index in [9.17, 15) is 22.4 Å². The first kappa shape index (κ1) is 34.0. The van der Waals surface area contributed by atoms with Crippen LogP contribution in [0.5, 0.6) is 0 Å². The number of sulfonamides is 1. The maximum Gasteiger partial charge on any atom is 0.264 e. The first-order valence-corrected chi connectivity index (χ1v) is 16.4. The number of carbonyl (C=O) groups is 2. The van der Waals surface area contributed by atoms with E-state index < -0.39 is 45.8 Å². The van der Waals surface area contributed by atoms with Crippen molar-refractivity contribution in [3.8, 4) is 0 Å². The van der Waals surface area contributed by atoms with Gasteiger partial charge in [0, 0.05) is 23.5 Å². The van der Waals surface area contributed by atoms with Gasteiger partial charge in [-0.2, -0.15) is 0 Å². The second-order valence-electron chi connectivity index (χ2n) is 11.5. The highest BCUT2D eigenvalue weighted by Crippen LogP contribution is 2.29. The maximum atomic E-state index is 14.4. The number of nitrogens with zero attached hydrogens (tertiary/aromatic N) is 2. The number of nitrogens with one attached hydrogen (secondary N) is 1. The van der Waals surface area contributed by atoms with Crippen LogP contribution in [0.15, 0.2) is 108 Å². The third-order valence-corrected chi connectivity index (χ3v) is 9.13. The molecule has 4 aromatic rings. The number of halogens is 3. The highest BCUT2D eigenvalue weighted by Gasteiger charge is 2.35. The molecule has 0 radical (unpaired) electrons. The number of anilines is 1. The lowest BCUT2D eigenvalue weighted by Crippen LogP contribution is -2.56. The van der Waals surface area contributed by atoms with Crippen molar-refractivity contribution in [1.29, 1.82) is 0 Å². The average molecular weight is 671 g/mol. The van der Waals surface area contributed by atoms with Crippen molar-refractivity contribution in [2.24, 2.45) is 0 Å². The van der Waals surface area contributed by atoms with Gasteiger partial charge < -0.3 is 10.2 Å². The minimum Gasteiger partial charge on any atom is -0.350 e. The molecule has 2 amide bonds. The van der Waals surface area contributed by atoms with E-state index in [1.165, 1.54) is 23.1 Å². The minimum absolute atomic E-state index is 0.0138. The summed E-state index contributed by atoms with van der Waals surface area (Å²) in [6.45, 7) is 4.76. The highest BCUT2D eigenvalue weighted by atomic mass is 35.5. The molecule has 0 aliphatic rings. The zero-order chi connectivity index (χ0) is 32.8. The number of hydrogen-bond donors (Lipinski definition) is 1. The van der Waals surface area contributed by atoms with Crippen molar-refractivity contribution < 1.29 is 22.4 Å². The van der Waals surface area contributed by atoms with Crippen LogP contribution in [0.3, 0.4) is 0 Å². The Morgan fingerprint density at radius 3 is 2.07 bits per heavy atom. The van der Waals surface area contributed by atoms with Crippen molar-refractivity contribution >= 4 is 50.7 Å². The predicted molar refractivity (Wildman–Crippen MR) is 176 cm³/mol. The number of rotatable bonds is 11. The smallest absolute Gasteiger partial charge is 0.264 e. The molecule has 0 fully saturated rings. The molecule has 0 heterocycles. The quantitative estimate of drug-likeness (QED) is 0.189. The topological polar surface area (TPSA) is 86.8 Å². The maximum absolute atomic E-state index is 14.4. The van der Waals surface area contributed by atoms with Crippen LogP contribution in [0.25, 0.3) is 0 Å². The third kappa shape index (κ3) is 9.06. The molecule has 0 bridgehead atoms. The number of hydrogen-bond acceptors (Lipinski definition) is 4. The Hall–Kier alpha value is -3.92. The third-order valence-electron chi connectivity index (χ3n) is 6.81. The molecular weight excluding hydrogens is 636 g/mol. The van der Waals surface area contributed by atoms with Crippen molar-refractivity contribution in [3.05, 3.63) is 130 Å². The molecular formula is C34H34Cl2FN3O4S. The summed E-state index contributed by atoms with van der Waals surface area (Å²) in [5, 5.41) is 3.11. The highest BCUT2D eigenvalue weighted by molar-refractivity contribution is 7.92. The van der Waals surface area contributed by atoms with E-state index in [1.807, 2.05) is 51.1 Å². The van der Waals surface area contributed by atoms with E-state index >= 15 is 0 Å². The van der Waals surface area contributed by atoms with Crippen molar-refractivity contribution in [2.45, 2.75) is 50.2 Å². The second kappa shape index (κ2) is 14.5. The number of benzene rings is 4. The molecule has 0 saturated heterocycles. The molecule has 236 valence electrons. The van der Waals surface area contributed by atoms with Crippen molar-refractivity contribution in [2.75, 3.05) is 10.8 Å². The fourth-order valence-electron chi connectivity index (χ4n) is 4.73. The Balaban J connectivity index is 1.83. The lowest BCUT2D eigenvalue weighted by Gasteiger charge is -2.35. The summed E-state index contributed by atoms with van der Waals surface area (Å²) in [4.78, 5) is 29.6. The summed E-state index contributed by atoms with van der Waals surface area (Å²) < 4.78 is 43.0. The van der Waals surface area contributed by atoms with E-state index in [2.05, 4.69) is 5.32 Å². The van der Waals surface area contributed by atoms with Crippen LogP contribution in [0, 0.1) is 5.82 Å². The zero-order valence-corrected chi connectivity index (χ0v) is 27.4. The van der Waals surface area contributed by atoms with Gasteiger partial charge >= 0.3 is 0 Å². The standard InChI is InChI=1S/C34H34Cl2FN3O4S/c1-34(2,3)38-33(42)31(20-24-11-6-4-7-12-24)39(22-25-13-10-14-26(35)19-25)32(41)23-40(27-17-18-30(37)29(36)21-27)45(43,44)28-15-8-5-9-16-28/h4-19,21,31H,20,22-23H2,1-3H3,(H,38,42). The van der Waals surface area contributed by atoms with Crippen LogP contribution in [-0.4, -0.2) is 43.3 Å². The minimum atomic E-state index is -4.34. The van der Waals surface area contributed by atoms with Crippen molar-refractivity contribution in [1.82, 2.24) is 10.2 Å². The van der Waals surface area contributed by atoms with Gasteiger partial charge in [0.2, 0.25) is 11.8 Å². The Morgan fingerprint density at radius 2 is 1.47 bits per heavy atom. The van der Waals surface area contributed by atoms with E-state index in [1.54, 1.807) is 42.5 Å². The van der Waals surface area contributed by atoms with E-state index in [-0.39, 0.29) is 28.6 Å². The molecule has 7 nitrogen and oxygen atoms in total. The monoisotopic (exact) mass is 669 g/mol. The lowest BCUT2D eigenvalue weighted by molar-refractivity contribution is -0.140. The van der Waals surface area contributed by atoms with Gasteiger partial charge in [0.05, 0.1) is 15.6 Å². The van der Waals surface area contributed by atoms with Gasteiger partial charge in [-0.05, 0) is 74.4 Å². The fourth-order valence-corrected chi connectivity index (χ4v) is 6.54. The van der Waals surface area contributed by atoms with Gasteiger partial charge in [0.15, 0.2) is 0 Å². The van der Waals surface area contributed by atoms with Crippen molar-refractivity contribution in [3.63, 3.8) is 0 Å². The molecule has 4 rings (SSSR count). The molecule has 1 unspecified atom stereocenters. The molecule has 45 heavy (non-hydrogen) atoms. The van der Waals surface area contributed by atoms with Crippen LogP contribution in [-0.2, 0) is 32.6 Å². The summed E-state index contributed by atoms with van der Waals surface area (Å²) in [6, 6.07) is 26.1. The molecule has 0 saturated carbocycles. The molecule has 11 heteroatoms. The first-order chi connectivity index (χ1) is 21.2. The van der Waals surface area contributed by atoms with Gasteiger partial charge in [-0.25, -0.2) is 12.8 Å². The van der Waals surface area contributed by atoms with E-state index in [4.69, 9.17) is 23.2 Å². The Labute approximate surface area is 273 Å². The van der Waals surface area contributed by atoms with E-state index in [0.717, 1.165) is 22.0 Å². The largest absolute Gasteiger partial charge is 0.350 e. The van der Waals surface area contributed by atoms with Crippen LogP contribution < -0.4 is 9.62 Å². The first-order valence-electron chi connectivity index (χ1n) is 14.2. The summed E-state index contributed by atoms with van der Waals surface area (Å²) in [5.41, 5.74) is 0.805. The van der Waals surface area contributed by atoms with Gasteiger partial charge in [-0.15, -0.1) is 0 Å². The molecule has 4 aromatic carbocycles. The molecule has 0 aromatic heterocycles. The van der Waals surface area contributed by atoms with Gasteiger partial charge in [-0.1, -0.05) is 83.9 Å². The Bertz CT molecular complexity index is 1750. The molecule has 0 spiro atoms. The SMILES string of the molecule is CC(C)(C)NC(=O)C(Cc1ccccc1)N(Cc1cccc(Cl)c1)C(=O)CN(c1ccc(F)c(Cl)c1)S(=O)(=O)c1ccccc1. The summed E-state index contributed by atoms with van der Waals surface area (Å²) in [5.74, 6) is -1.82. The van der Waals surface area contributed by atoms with E-state index in [0.29, 0.717) is 10.6 Å². The fraction of sp³-hybridized carbons (Fsp3) is 0.235. The van der Waals surface area contributed by atoms with Crippen LogP contribution >= 0.6 is 23.2 Å². The average Bonchev–Trinajstić information content (AvgIpc) is 2.99. The molecule has 1 N–H and O–H groups in total. The zero-order valence-electron chi connectivity index (χ0n) is 25.1. The summed E-state index contributed by atoms with van der Waals surface area (Å²) in [6.07, 6.45) is 0.156. The molecule has 0 aliphatic carbocycles. The van der Waals surface area contributed by atoms with Crippen LogP contribution in [0.4, 0.5) is 10.1 Å². The second-order valence-corrected chi connectivity index (χ2v) is 14.2. The Morgan fingerprint density at radius 1 is 0.844 bits per heavy atom. The summed E-state index contributed by atoms with van der Waals surface area (Å²) in [7, 11) is -4.34. The number of carbonyl (C=O) groups excluding carboxylic acids is 2. The van der Waals surface area contributed by atoms with Crippen LogP contribution in [0.1, 0.15) is 31.9 Å². The molecule has 0 aliphatic heterocycles. The Kier molecular flexibility index (Phi) is 10.9. The normalized spacial score (nSPS) is 12.3.